The highest BCUT2D eigenvalue weighted by Gasteiger charge is 2.36. The molecule has 78 valence electrons. The standard InChI is InChI=1S/C6H5F3N2O2S/c7-6(8,9)5-4(10-11-14-5)1-2-13-3-12/h3H,1-2H2. The fraction of sp³-hybridized carbons (Fsp3) is 0.500. The normalized spacial score (nSPS) is 11.4. The second-order valence-corrected chi connectivity index (χ2v) is 3.02. The molecule has 0 bridgehead atoms. The Morgan fingerprint density at radius 2 is 2.21 bits per heavy atom. The van der Waals surface area contributed by atoms with Crippen LogP contribution >= 0.6 is 11.5 Å². The Morgan fingerprint density at radius 1 is 1.50 bits per heavy atom. The van der Waals surface area contributed by atoms with Crippen molar-refractivity contribution in [3.8, 4) is 0 Å². The van der Waals surface area contributed by atoms with Gasteiger partial charge in [0.2, 0.25) is 0 Å². The van der Waals surface area contributed by atoms with E-state index >= 15 is 0 Å². The summed E-state index contributed by atoms with van der Waals surface area (Å²) in [5.74, 6) is 0. The third kappa shape index (κ3) is 2.66. The van der Waals surface area contributed by atoms with Crippen molar-refractivity contribution >= 4 is 18.0 Å². The van der Waals surface area contributed by atoms with Crippen molar-refractivity contribution in [1.82, 2.24) is 9.59 Å². The molecule has 0 aromatic carbocycles. The number of hydrogen-bond donors (Lipinski definition) is 0. The first kappa shape index (κ1) is 10.9. The van der Waals surface area contributed by atoms with E-state index in [0.717, 1.165) is 0 Å². The summed E-state index contributed by atoms with van der Waals surface area (Å²) < 4.78 is 44.1. The van der Waals surface area contributed by atoms with Crippen molar-refractivity contribution < 1.29 is 22.7 Å². The monoisotopic (exact) mass is 226 g/mol. The van der Waals surface area contributed by atoms with Gasteiger partial charge in [-0.25, -0.2) is 0 Å². The number of nitrogens with zero attached hydrogens (tertiary/aromatic N) is 2. The lowest BCUT2D eigenvalue weighted by Crippen LogP contribution is -2.08. The molecule has 0 fully saturated rings. The number of rotatable bonds is 4. The van der Waals surface area contributed by atoms with Crippen LogP contribution in [0.15, 0.2) is 0 Å². The number of alkyl halides is 3. The number of halogens is 3. The van der Waals surface area contributed by atoms with Gasteiger partial charge in [0.1, 0.15) is 0 Å². The Labute approximate surface area is 80.9 Å². The molecule has 8 heteroatoms. The zero-order chi connectivity index (χ0) is 10.6. The molecule has 0 N–H and O–H groups in total. The average molecular weight is 226 g/mol. The van der Waals surface area contributed by atoms with Crippen LogP contribution in [0.5, 0.6) is 0 Å². The average Bonchev–Trinajstić information content (AvgIpc) is 2.52. The van der Waals surface area contributed by atoms with Crippen LogP contribution in [-0.2, 0) is 22.1 Å². The van der Waals surface area contributed by atoms with Crippen molar-refractivity contribution in [1.29, 1.82) is 0 Å². The maximum atomic E-state index is 12.2. The van der Waals surface area contributed by atoms with Crippen LogP contribution in [0.25, 0.3) is 0 Å². The first-order chi connectivity index (χ1) is 6.55. The minimum Gasteiger partial charge on any atom is -0.467 e. The Hall–Kier alpha value is -1.18. The van der Waals surface area contributed by atoms with Crippen molar-refractivity contribution in [2.75, 3.05) is 6.61 Å². The fourth-order valence-corrected chi connectivity index (χ4v) is 1.36. The zero-order valence-electron chi connectivity index (χ0n) is 6.74. The van der Waals surface area contributed by atoms with Crippen LogP contribution < -0.4 is 0 Å². The van der Waals surface area contributed by atoms with Crippen molar-refractivity contribution in [3.63, 3.8) is 0 Å². The molecule has 0 spiro atoms. The van der Waals surface area contributed by atoms with Gasteiger partial charge in [0.15, 0.2) is 4.88 Å². The van der Waals surface area contributed by atoms with Crippen LogP contribution in [0.2, 0.25) is 0 Å². The predicted octanol–water partition coefficient (Wildman–Crippen LogP) is 1.27. The van der Waals surface area contributed by atoms with Gasteiger partial charge in [-0.05, 0) is 11.5 Å². The summed E-state index contributed by atoms with van der Waals surface area (Å²) in [6.07, 6.45) is -4.52. The molecule has 1 heterocycles. The first-order valence-corrected chi connectivity index (χ1v) is 4.26. The Bertz CT molecular complexity index is 312. The molecule has 0 saturated heterocycles. The largest absolute Gasteiger partial charge is 0.467 e. The Morgan fingerprint density at radius 3 is 2.79 bits per heavy atom. The lowest BCUT2D eigenvalue weighted by atomic mass is 10.3. The van der Waals surface area contributed by atoms with Gasteiger partial charge in [-0.3, -0.25) is 4.79 Å². The molecular formula is C6H5F3N2O2S. The summed E-state index contributed by atoms with van der Waals surface area (Å²) in [7, 11) is 0. The van der Waals surface area contributed by atoms with E-state index in [1.54, 1.807) is 0 Å². The molecule has 0 aliphatic heterocycles. The number of carbonyl (C=O) groups excluding carboxylic acids is 1. The number of carbonyl (C=O) groups is 1. The third-order valence-electron chi connectivity index (χ3n) is 1.34. The van der Waals surface area contributed by atoms with Crippen molar-refractivity contribution in [2.24, 2.45) is 0 Å². The molecule has 0 amide bonds. The van der Waals surface area contributed by atoms with E-state index in [-0.39, 0.29) is 36.7 Å². The number of aromatic nitrogens is 2. The van der Waals surface area contributed by atoms with Gasteiger partial charge in [0.25, 0.3) is 6.47 Å². The summed E-state index contributed by atoms with van der Waals surface area (Å²) in [6, 6.07) is 0. The summed E-state index contributed by atoms with van der Waals surface area (Å²) in [5, 5.41) is 3.31. The lowest BCUT2D eigenvalue weighted by molar-refractivity contribution is -0.135. The van der Waals surface area contributed by atoms with E-state index in [0.29, 0.717) is 0 Å². The van der Waals surface area contributed by atoms with Gasteiger partial charge in [-0.15, -0.1) is 5.10 Å². The topological polar surface area (TPSA) is 52.1 Å². The molecular weight excluding hydrogens is 221 g/mol. The Balaban J connectivity index is 2.68. The summed E-state index contributed by atoms with van der Waals surface area (Å²) in [4.78, 5) is 8.90. The van der Waals surface area contributed by atoms with Gasteiger partial charge in [-0.1, -0.05) is 4.49 Å². The highest BCUT2D eigenvalue weighted by atomic mass is 32.1. The Kier molecular flexibility index (Phi) is 3.39. The highest BCUT2D eigenvalue weighted by molar-refractivity contribution is 7.05. The van der Waals surface area contributed by atoms with Crippen LogP contribution in [0.4, 0.5) is 13.2 Å². The van der Waals surface area contributed by atoms with Gasteiger partial charge in [0, 0.05) is 6.42 Å². The molecule has 0 atom stereocenters. The maximum absolute atomic E-state index is 12.2. The summed E-state index contributed by atoms with van der Waals surface area (Å²) >= 11 is 0.285. The fourth-order valence-electron chi connectivity index (χ4n) is 0.791. The quantitative estimate of drug-likeness (QED) is 0.573. The van der Waals surface area contributed by atoms with Crippen molar-refractivity contribution in [2.45, 2.75) is 12.6 Å². The SMILES string of the molecule is O=COCCc1nnsc1C(F)(F)F. The summed E-state index contributed by atoms with van der Waals surface area (Å²) in [6.45, 7) is 0.0467. The molecule has 0 aliphatic rings. The first-order valence-electron chi connectivity index (χ1n) is 3.49. The molecule has 1 aromatic heterocycles. The smallest absolute Gasteiger partial charge is 0.428 e. The van der Waals surface area contributed by atoms with E-state index in [1.165, 1.54) is 0 Å². The van der Waals surface area contributed by atoms with Gasteiger partial charge in [0.05, 0.1) is 12.3 Å². The van der Waals surface area contributed by atoms with Crippen LogP contribution in [0.1, 0.15) is 10.6 Å². The number of ether oxygens (including phenoxy) is 1. The zero-order valence-corrected chi connectivity index (χ0v) is 7.56. The third-order valence-corrected chi connectivity index (χ3v) is 2.15. The minimum absolute atomic E-state index is 0.0793. The van der Waals surface area contributed by atoms with Gasteiger partial charge in [-0.2, -0.15) is 13.2 Å². The molecule has 0 aliphatic carbocycles. The van der Waals surface area contributed by atoms with E-state index < -0.39 is 11.1 Å². The molecule has 1 rings (SSSR count). The lowest BCUT2D eigenvalue weighted by Gasteiger charge is -2.03. The second-order valence-electron chi connectivity index (χ2n) is 2.26. The van der Waals surface area contributed by atoms with Gasteiger partial charge < -0.3 is 4.74 Å². The van der Waals surface area contributed by atoms with E-state index in [4.69, 9.17) is 0 Å². The minimum atomic E-state index is -4.44. The predicted molar refractivity (Wildman–Crippen MR) is 40.6 cm³/mol. The van der Waals surface area contributed by atoms with Crippen LogP contribution in [0, 0.1) is 0 Å². The number of hydrogen-bond acceptors (Lipinski definition) is 5. The van der Waals surface area contributed by atoms with Crippen LogP contribution in [0.3, 0.4) is 0 Å². The maximum Gasteiger partial charge on any atom is 0.428 e. The molecule has 1 aromatic rings. The molecule has 0 radical (unpaired) electrons. The van der Waals surface area contributed by atoms with Crippen LogP contribution in [-0.4, -0.2) is 22.7 Å². The molecule has 0 unspecified atom stereocenters. The van der Waals surface area contributed by atoms with E-state index in [1.807, 2.05) is 0 Å². The van der Waals surface area contributed by atoms with Gasteiger partial charge >= 0.3 is 6.18 Å². The summed E-state index contributed by atoms with van der Waals surface area (Å²) in [5.41, 5.74) is -0.190. The highest BCUT2D eigenvalue weighted by Crippen LogP contribution is 2.33. The van der Waals surface area contributed by atoms with Crippen molar-refractivity contribution in [3.05, 3.63) is 10.6 Å². The second kappa shape index (κ2) is 4.36. The van der Waals surface area contributed by atoms with E-state index in [2.05, 4.69) is 14.3 Å². The molecule has 14 heavy (non-hydrogen) atoms. The van der Waals surface area contributed by atoms with E-state index in [9.17, 15) is 18.0 Å². The molecule has 0 saturated carbocycles. The molecule has 4 nitrogen and oxygen atoms in total.